The second-order valence-corrected chi connectivity index (χ2v) is 6.22. The molecule has 1 fully saturated rings. The van der Waals surface area contributed by atoms with Crippen molar-refractivity contribution in [3.8, 4) is 10.4 Å². The first kappa shape index (κ1) is 14.1. The summed E-state index contributed by atoms with van der Waals surface area (Å²) in [6.07, 6.45) is 4.81. The fourth-order valence-electron chi connectivity index (χ4n) is 2.64. The number of hydrogen-bond donors (Lipinski definition) is 1. The molecule has 2 aromatic rings. The summed E-state index contributed by atoms with van der Waals surface area (Å²) in [7, 11) is 0. The van der Waals surface area contributed by atoms with E-state index in [4.69, 9.17) is 0 Å². The number of thiazole rings is 1. The van der Waals surface area contributed by atoms with Crippen LogP contribution in [0.25, 0.3) is 10.4 Å². The molecule has 0 aliphatic carbocycles. The molecule has 0 spiro atoms. The zero-order valence-electron chi connectivity index (χ0n) is 11.8. The first-order chi connectivity index (χ1) is 10.3. The molecule has 0 radical (unpaired) electrons. The summed E-state index contributed by atoms with van der Waals surface area (Å²) < 4.78 is 0. The van der Waals surface area contributed by atoms with E-state index < -0.39 is 5.97 Å². The van der Waals surface area contributed by atoms with E-state index in [9.17, 15) is 9.90 Å². The Bertz CT molecular complexity index is 616. The van der Waals surface area contributed by atoms with Gasteiger partial charge in [0.2, 0.25) is 0 Å². The minimum absolute atomic E-state index is 0.172. The van der Waals surface area contributed by atoms with Crippen molar-refractivity contribution in [2.24, 2.45) is 0 Å². The van der Waals surface area contributed by atoms with Crippen LogP contribution in [0.3, 0.4) is 0 Å². The first-order valence-electron chi connectivity index (χ1n) is 7.30. The Morgan fingerprint density at radius 3 is 2.38 bits per heavy atom. The predicted molar refractivity (Wildman–Crippen MR) is 85.2 cm³/mol. The average molecular weight is 302 g/mol. The van der Waals surface area contributed by atoms with Crippen molar-refractivity contribution in [3.05, 3.63) is 36.0 Å². The smallest absolute Gasteiger partial charge is 0.356 e. The molecule has 110 valence electrons. The van der Waals surface area contributed by atoms with Gasteiger partial charge in [-0.15, -0.1) is 0 Å². The summed E-state index contributed by atoms with van der Waals surface area (Å²) in [5.41, 5.74) is 1.10. The molecule has 21 heavy (non-hydrogen) atoms. The number of aromatic carboxylic acids is 1. The second kappa shape index (κ2) is 6.26. The van der Waals surface area contributed by atoms with Gasteiger partial charge < -0.3 is 10.0 Å². The Morgan fingerprint density at radius 1 is 1.10 bits per heavy atom. The largest absolute Gasteiger partial charge is 0.476 e. The van der Waals surface area contributed by atoms with Gasteiger partial charge in [-0.1, -0.05) is 54.5 Å². The lowest BCUT2D eigenvalue weighted by Crippen LogP contribution is -2.23. The van der Waals surface area contributed by atoms with Crippen molar-refractivity contribution >= 4 is 22.4 Å². The van der Waals surface area contributed by atoms with Crippen LogP contribution in [0, 0.1) is 0 Å². The maximum Gasteiger partial charge on any atom is 0.356 e. The van der Waals surface area contributed by atoms with Crippen molar-refractivity contribution in [3.63, 3.8) is 0 Å². The van der Waals surface area contributed by atoms with Crippen LogP contribution in [0.1, 0.15) is 36.2 Å². The summed E-state index contributed by atoms with van der Waals surface area (Å²) >= 11 is 1.49. The molecular weight excluding hydrogens is 284 g/mol. The number of carboxylic acid groups (broad SMARTS) is 1. The number of carbonyl (C=O) groups is 1. The summed E-state index contributed by atoms with van der Waals surface area (Å²) in [6, 6.07) is 9.65. The van der Waals surface area contributed by atoms with E-state index in [0.29, 0.717) is 0 Å². The molecular formula is C16H18N2O2S. The Kier molecular flexibility index (Phi) is 4.20. The molecule has 1 aliphatic heterocycles. The molecule has 1 saturated heterocycles. The SMILES string of the molecule is O=C(O)c1nc(N2CCCCCC2)sc1-c1ccccc1. The van der Waals surface area contributed by atoms with Crippen LogP contribution < -0.4 is 4.90 Å². The summed E-state index contributed by atoms with van der Waals surface area (Å²) in [5.74, 6) is -0.953. The van der Waals surface area contributed by atoms with E-state index in [1.165, 1.54) is 24.2 Å². The van der Waals surface area contributed by atoms with Gasteiger partial charge >= 0.3 is 5.97 Å². The zero-order valence-corrected chi connectivity index (χ0v) is 12.6. The maximum atomic E-state index is 11.5. The van der Waals surface area contributed by atoms with Gasteiger partial charge in [0.05, 0.1) is 4.88 Å². The van der Waals surface area contributed by atoms with Gasteiger partial charge in [-0.3, -0.25) is 0 Å². The zero-order chi connectivity index (χ0) is 14.7. The number of hydrogen-bond acceptors (Lipinski definition) is 4. The first-order valence-corrected chi connectivity index (χ1v) is 8.12. The van der Waals surface area contributed by atoms with Crippen LogP contribution >= 0.6 is 11.3 Å². The quantitative estimate of drug-likeness (QED) is 0.934. The normalized spacial score (nSPS) is 15.7. The Balaban J connectivity index is 1.98. The summed E-state index contributed by atoms with van der Waals surface area (Å²) in [4.78, 5) is 18.9. The third-order valence-corrected chi connectivity index (χ3v) is 4.90. The van der Waals surface area contributed by atoms with E-state index in [1.54, 1.807) is 0 Å². The highest BCUT2D eigenvalue weighted by Gasteiger charge is 2.22. The molecule has 3 rings (SSSR count). The topological polar surface area (TPSA) is 53.4 Å². The highest BCUT2D eigenvalue weighted by atomic mass is 32.1. The highest BCUT2D eigenvalue weighted by Crippen LogP contribution is 2.35. The van der Waals surface area contributed by atoms with Crippen molar-refractivity contribution < 1.29 is 9.90 Å². The van der Waals surface area contributed by atoms with Gasteiger partial charge in [0.25, 0.3) is 0 Å². The molecule has 1 aromatic carbocycles. The number of benzene rings is 1. The van der Waals surface area contributed by atoms with E-state index >= 15 is 0 Å². The van der Waals surface area contributed by atoms with Gasteiger partial charge in [0.15, 0.2) is 10.8 Å². The van der Waals surface area contributed by atoms with Crippen LogP contribution in [-0.4, -0.2) is 29.1 Å². The number of aromatic nitrogens is 1. The predicted octanol–water partition coefficient (Wildman–Crippen LogP) is 3.89. The van der Waals surface area contributed by atoms with Crippen LogP contribution in [-0.2, 0) is 0 Å². The lowest BCUT2D eigenvalue weighted by Gasteiger charge is -2.18. The standard InChI is InChI=1S/C16H18N2O2S/c19-15(20)13-14(12-8-4-3-5-9-12)21-16(17-13)18-10-6-1-2-7-11-18/h3-5,8-9H,1-2,6-7,10-11H2,(H,19,20). The minimum atomic E-state index is -0.953. The van der Waals surface area contributed by atoms with Crippen LogP contribution in [0.4, 0.5) is 5.13 Å². The third-order valence-electron chi connectivity index (χ3n) is 3.73. The van der Waals surface area contributed by atoms with Gasteiger partial charge in [0.1, 0.15) is 0 Å². The monoisotopic (exact) mass is 302 g/mol. The van der Waals surface area contributed by atoms with Crippen LogP contribution in [0.15, 0.2) is 30.3 Å². The van der Waals surface area contributed by atoms with Crippen molar-refractivity contribution in [1.29, 1.82) is 0 Å². The van der Waals surface area contributed by atoms with Crippen molar-refractivity contribution in [2.75, 3.05) is 18.0 Å². The fourth-order valence-corrected chi connectivity index (χ4v) is 3.75. The number of carboxylic acids is 1. The molecule has 0 unspecified atom stereocenters. The minimum Gasteiger partial charge on any atom is -0.476 e. The second-order valence-electron chi connectivity index (χ2n) is 5.25. The summed E-state index contributed by atoms with van der Waals surface area (Å²) in [6.45, 7) is 1.95. The van der Waals surface area contributed by atoms with E-state index in [0.717, 1.165) is 41.5 Å². The molecule has 0 bridgehead atoms. The molecule has 1 N–H and O–H groups in total. The van der Waals surface area contributed by atoms with Crippen molar-refractivity contribution in [2.45, 2.75) is 25.7 Å². The van der Waals surface area contributed by atoms with Gasteiger partial charge in [-0.25, -0.2) is 9.78 Å². The van der Waals surface area contributed by atoms with E-state index in [-0.39, 0.29) is 5.69 Å². The lowest BCUT2D eigenvalue weighted by molar-refractivity contribution is 0.0692. The van der Waals surface area contributed by atoms with Gasteiger partial charge in [0, 0.05) is 13.1 Å². The molecule has 0 saturated carbocycles. The number of nitrogens with zero attached hydrogens (tertiary/aromatic N) is 2. The molecule has 1 aliphatic rings. The molecule has 0 atom stereocenters. The van der Waals surface area contributed by atoms with Crippen LogP contribution in [0.2, 0.25) is 0 Å². The highest BCUT2D eigenvalue weighted by molar-refractivity contribution is 7.19. The number of anilines is 1. The Labute approximate surface area is 128 Å². The maximum absolute atomic E-state index is 11.5. The van der Waals surface area contributed by atoms with E-state index in [1.807, 2.05) is 30.3 Å². The molecule has 2 heterocycles. The molecule has 4 nitrogen and oxygen atoms in total. The molecule has 0 amide bonds. The molecule has 5 heteroatoms. The number of rotatable bonds is 3. The third kappa shape index (κ3) is 3.08. The fraction of sp³-hybridized carbons (Fsp3) is 0.375. The Morgan fingerprint density at radius 2 is 1.76 bits per heavy atom. The van der Waals surface area contributed by atoms with Crippen LogP contribution in [0.5, 0.6) is 0 Å². The average Bonchev–Trinajstić information content (AvgIpc) is 2.77. The molecule has 1 aromatic heterocycles. The lowest BCUT2D eigenvalue weighted by atomic mass is 10.1. The Hall–Kier alpha value is -1.88. The van der Waals surface area contributed by atoms with Gasteiger partial charge in [-0.05, 0) is 18.4 Å². The summed E-state index contributed by atoms with van der Waals surface area (Å²) in [5, 5.41) is 10.3. The van der Waals surface area contributed by atoms with Crippen molar-refractivity contribution in [1.82, 2.24) is 4.98 Å². The van der Waals surface area contributed by atoms with E-state index in [2.05, 4.69) is 9.88 Å². The van der Waals surface area contributed by atoms with Gasteiger partial charge in [-0.2, -0.15) is 0 Å².